The number of sulfonamides is 1. The zero-order valence-electron chi connectivity index (χ0n) is 16.0. The number of amides is 2. The maximum atomic E-state index is 13.1. The molecule has 1 fully saturated rings. The zero-order chi connectivity index (χ0) is 21.0. The van der Waals surface area contributed by atoms with Gasteiger partial charge in [0.1, 0.15) is 6.04 Å². The molecule has 0 saturated carbocycles. The van der Waals surface area contributed by atoms with E-state index in [0.717, 1.165) is 10.7 Å². The molecule has 8 nitrogen and oxygen atoms in total. The summed E-state index contributed by atoms with van der Waals surface area (Å²) in [5, 5.41) is 8.24. The first-order chi connectivity index (χ1) is 13.8. The summed E-state index contributed by atoms with van der Waals surface area (Å²) >= 11 is 2.89. The Morgan fingerprint density at radius 1 is 1.28 bits per heavy atom. The Bertz CT molecular complexity index is 989. The molecule has 0 aliphatic carbocycles. The second kappa shape index (κ2) is 9.24. The van der Waals surface area contributed by atoms with Gasteiger partial charge in [0.25, 0.3) is 0 Å². The number of aromatic nitrogens is 1. The zero-order valence-corrected chi connectivity index (χ0v) is 18.5. The van der Waals surface area contributed by atoms with Crippen LogP contribution in [-0.2, 0) is 26.2 Å². The van der Waals surface area contributed by atoms with E-state index in [-0.39, 0.29) is 29.1 Å². The Balaban J connectivity index is 1.69. The van der Waals surface area contributed by atoms with Crippen molar-refractivity contribution in [2.45, 2.75) is 37.8 Å². The lowest BCUT2D eigenvalue weighted by atomic mass is 10.3. The minimum Gasteiger partial charge on any atom is -0.349 e. The standard InChI is InChI=1S/C18H22N4O4S3/c1-3-17(23)21-13-4-6-15(7-5-13)29(25,26)22-11-27-10-16(22)18(24)19-8-14-9-28-12(2)20-14/h4-7,9,16H,3,8,10-11H2,1-2H3,(H,19,24)(H,21,23). The molecule has 1 aliphatic rings. The highest BCUT2D eigenvalue weighted by molar-refractivity contribution is 8.00. The van der Waals surface area contributed by atoms with Crippen LogP contribution in [0.4, 0.5) is 5.69 Å². The molecule has 1 aromatic heterocycles. The molecule has 0 bridgehead atoms. The minimum absolute atomic E-state index is 0.0856. The Kier molecular flexibility index (Phi) is 6.93. The first-order valence-corrected chi connectivity index (χ1v) is 12.5. The summed E-state index contributed by atoms with van der Waals surface area (Å²) in [4.78, 5) is 28.5. The van der Waals surface area contributed by atoms with Crippen molar-refractivity contribution >= 4 is 50.6 Å². The number of aryl methyl sites for hydroxylation is 1. The topological polar surface area (TPSA) is 108 Å². The van der Waals surface area contributed by atoms with Crippen molar-refractivity contribution in [1.82, 2.24) is 14.6 Å². The Hall–Kier alpha value is -1.95. The van der Waals surface area contributed by atoms with Gasteiger partial charge in [-0.1, -0.05) is 6.92 Å². The molecule has 2 N–H and O–H groups in total. The summed E-state index contributed by atoms with van der Waals surface area (Å²) in [6.45, 7) is 3.89. The van der Waals surface area contributed by atoms with Crippen LogP contribution in [0.15, 0.2) is 34.5 Å². The smallest absolute Gasteiger partial charge is 0.244 e. The lowest BCUT2D eigenvalue weighted by Crippen LogP contribution is -2.46. The Labute approximate surface area is 178 Å². The van der Waals surface area contributed by atoms with Crippen LogP contribution >= 0.6 is 23.1 Å². The molecule has 2 aromatic rings. The number of carbonyl (C=O) groups is 2. The van der Waals surface area contributed by atoms with Crippen LogP contribution in [0.5, 0.6) is 0 Å². The SMILES string of the molecule is CCC(=O)Nc1ccc(S(=O)(=O)N2CSCC2C(=O)NCc2csc(C)n2)cc1. The number of benzene rings is 1. The summed E-state index contributed by atoms with van der Waals surface area (Å²) in [5.41, 5.74) is 1.28. The van der Waals surface area contributed by atoms with Crippen molar-refractivity contribution in [3.05, 3.63) is 40.3 Å². The van der Waals surface area contributed by atoms with Crippen LogP contribution < -0.4 is 10.6 Å². The highest BCUT2D eigenvalue weighted by atomic mass is 32.2. The first kappa shape index (κ1) is 21.8. The molecular weight excluding hydrogens is 432 g/mol. The fourth-order valence-corrected chi connectivity index (χ4v) is 6.51. The third-order valence-electron chi connectivity index (χ3n) is 4.32. The Morgan fingerprint density at radius 2 is 2.00 bits per heavy atom. The van der Waals surface area contributed by atoms with Gasteiger partial charge in [0, 0.05) is 23.2 Å². The second-order valence-corrected chi connectivity index (χ2v) is 10.4. The van der Waals surface area contributed by atoms with Crippen LogP contribution in [0.25, 0.3) is 0 Å². The number of thioether (sulfide) groups is 1. The number of hydrogen-bond donors (Lipinski definition) is 2. The van der Waals surface area contributed by atoms with Gasteiger partial charge >= 0.3 is 0 Å². The third-order valence-corrected chi connectivity index (χ3v) is 8.19. The van der Waals surface area contributed by atoms with Gasteiger partial charge < -0.3 is 10.6 Å². The van der Waals surface area contributed by atoms with Gasteiger partial charge in [-0.2, -0.15) is 4.31 Å². The molecule has 11 heteroatoms. The van der Waals surface area contributed by atoms with Crippen LogP contribution in [0, 0.1) is 6.92 Å². The molecule has 2 heterocycles. The first-order valence-electron chi connectivity index (χ1n) is 8.99. The third kappa shape index (κ3) is 5.16. The molecule has 1 aliphatic heterocycles. The minimum atomic E-state index is -3.84. The van der Waals surface area contributed by atoms with Crippen molar-refractivity contribution in [2.24, 2.45) is 0 Å². The Morgan fingerprint density at radius 3 is 2.62 bits per heavy atom. The van der Waals surface area contributed by atoms with E-state index in [9.17, 15) is 18.0 Å². The number of carbonyl (C=O) groups excluding carboxylic acids is 2. The summed E-state index contributed by atoms with van der Waals surface area (Å²) in [6, 6.07) is 5.20. The number of hydrogen-bond acceptors (Lipinski definition) is 7. The fraction of sp³-hybridized carbons (Fsp3) is 0.389. The van der Waals surface area contributed by atoms with Gasteiger partial charge in [-0.3, -0.25) is 9.59 Å². The highest BCUT2D eigenvalue weighted by Crippen LogP contribution is 2.29. The number of nitrogens with zero attached hydrogens (tertiary/aromatic N) is 2. The van der Waals surface area contributed by atoms with Crippen molar-refractivity contribution in [1.29, 1.82) is 0 Å². The van der Waals surface area contributed by atoms with E-state index in [1.807, 2.05) is 12.3 Å². The van der Waals surface area contributed by atoms with E-state index >= 15 is 0 Å². The van der Waals surface area contributed by atoms with Crippen molar-refractivity contribution < 1.29 is 18.0 Å². The van der Waals surface area contributed by atoms with E-state index in [4.69, 9.17) is 0 Å². The molecule has 156 valence electrons. The van der Waals surface area contributed by atoms with E-state index in [2.05, 4.69) is 15.6 Å². The van der Waals surface area contributed by atoms with Gasteiger partial charge in [-0.15, -0.1) is 23.1 Å². The van der Waals surface area contributed by atoms with E-state index in [1.165, 1.54) is 39.5 Å². The maximum Gasteiger partial charge on any atom is 0.244 e. The largest absolute Gasteiger partial charge is 0.349 e. The van der Waals surface area contributed by atoms with Gasteiger partial charge in [0.2, 0.25) is 21.8 Å². The molecule has 0 radical (unpaired) electrons. The van der Waals surface area contributed by atoms with Crippen molar-refractivity contribution in [3.8, 4) is 0 Å². The molecule has 29 heavy (non-hydrogen) atoms. The van der Waals surface area contributed by atoms with E-state index < -0.39 is 16.1 Å². The second-order valence-electron chi connectivity index (χ2n) is 6.41. The predicted molar refractivity (Wildman–Crippen MR) is 114 cm³/mol. The number of thiazole rings is 1. The van der Waals surface area contributed by atoms with Crippen molar-refractivity contribution in [3.63, 3.8) is 0 Å². The van der Waals surface area contributed by atoms with Crippen molar-refractivity contribution in [2.75, 3.05) is 16.9 Å². The summed E-state index contributed by atoms with van der Waals surface area (Å²) in [6.07, 6.45) is 0.336. The van der Waals surface area contributed by atoms with Gasteiger partial charge in [0.05, 0.1) is 28.0 Å². The average Bonchev–Trinajstić information content (AvgIpc) is 3.36. The van der Waals surface area contributed by atoms with Crippen LogP contribution in [0.3, 0.4) is 0 Å². The van der Waals surface area contributed by atoms with Gasteiger partial charge in [-0.25, -0.2) is 13.4 Å². The summed E-state index contributed by atoms with van der Waals surface area (Å²) < 4.78 is 27.3. The highest BCUT2D eigenvalue weighted by Gasteiger charge is 2.39. The molecule has 3 rings (SSSR count). The van der Waals surface area contributed by atoms with E-state index in [0.29, 0.717) is 17.9 Å². The normalized spacial score (nSPS) is 17.2. The number of rotatable bonds is 7. The van der Waals surface area contributed by atoms with Gasteiger partial charge in [-0.05, 0) is 31.2 Å². The average molecular weight is 455 g/mol. The molecule has 1 unspecified atom stereocenters. The molecule has 1 saturated heterocycles. The molecule has 1 atom stereocenters. The van der Waals surface area contributed by atoms with Gasteiger partial charge in [0.15, 0.2) is 0 Å². The fourth-order valence-electron chi connectivity index (χ4n) is 2.75. The maximum absolute atomic E-state index is 13.1. The summed E-state index contributed by atoms with van der Waals surface area (Å²) in [5.74, 6) is 0.121. The monoisotopic (exact) mass is 454 g/mol. The van der Waals surface area contributed by atoms with Crippen LogP contribution in [0.2, 0.25) is 0 Å². The summed E-state index contributed by atoms with van der Waals surface area (Å²) in [7, 11) is -3.84. The lowest BCUT2D eigenvalue weighted by Gasteiger charge is -2.22. The molecule has 0 spiro atoms. The number of anilines is 1. The van der Waals surface area contributed by atoms with Crippen LogP contribution in [0.1, 0.15) is 24.0 Å². The quantitative estimate of drug-likeness (QED) is 0.664. The molecule has 2 amide bonds. The number of nitrogens with one attached hydrogen (secondary N) is 2. The predicted octanol–water partition coefficient (Wildman–Crippen LogP) is 2.18. The van der Waals surface area contributed by atoms with Crippen LogP contribution in [-0.4, -0.2) is 47.2 Å². The molecule has 1 aromatic carbocycles. The molecular formula is C18H22N4O4S3. The lowest BCUT2D eigenvalue weighted by molar-refractivity contribution is -0.124. The van der Waals surface area contributed by atoms with E-state index in [1.54, 1.807) is 19.1 Å².